The molecule has 0 aliphatic heterocycles. The highest BCUT2D eigenvalue weighted by Crippen LogP contribution is 2.20. The van der Waals surface area contributed by atoms with Crippen LogP contribution < -0.4 is 11.1 Å². The lowest BCUT2D eigenvalue weighted by molar-refractivity contribution is -0.120. The molecule has 5 nitrogen and oxygen atoms in total. The summed E-state index contributed by atoms with van der Waals surface area (Å²) in [5.41, 5.74) is 4.95. The Hall–Kier alpha value is -1.63. The van der Waals surface area contributed by atoms with Crippen molar-refractivity contribution in [1.29, 1.82) is 0 Å². The van der Waals surface area contributed by atoms with Crippen LogP contribution in [0.2, 0.25) is 0 Å². The average Bonchev–Trinajstić information content (AvgIpc) is 2.30. The number of carbonyl (C=O) groups is 1. The van der Waals surface area contributed by atoms with Crippen molar-refractivity contribution >= 4 is 21.4 Å². The van der Waals surface area contributed by atoms with Crippen LogP contribution >= 0.6 is 0 Å². The van der Waals surface area contributed by atoms with Crippen LogP contribution in [0.3, 0.4) is 0 Å². The van der Waals surface area contributed by atoms with Crippen LogP contribution in [0.15, 0.2) is 23.1 Å². The predicted octanol–water partition coefficient (Wildman–Crippen LogP) is 1.49. The molecule has 112 valence electrons. The van der Waals surface area contributed by atoms with E-state index < -0.39 is 32.9 Å². The number of benzene rings is 1. The number of nitrogens with two attached hydrogens (primary N) is 1. The second-order valence-electron chi connectivity index (χ2n) is 5.23. The van der Waals surface area contributed by atoms with Crippen LogP contribution in [0.1, 0.15) is 27.2 Å². The zero-order valence-corrected chi connectivity index (χ0v) is 12.6. The van der Waals surface area contributed by atoms with Crippen molar-refractivity contribution in [1.82, 2.24) is 5.32 Å². The van der Waals surface area contributed by atoms with Crippen LogP contribution in [0.25, 0.3) is 0 Å². The summed E-state index contributed by atoms with van der Waals surface area (Å²) < 4.78 is 37.3. The van der Waals surface area contributed by atoms with Gasteiger partial charge in [0.2, 0.25) is 5.91 Å². The molecule has 0 saturated heterocycles. The first-order valence-corrected chi connectivity index (χ1v) is 7.81. The summed E-state index contributed by atoms with van der Waals surface area (Å²) >= 11 is 0. The quantitative estimate of drug-likeness (QED) is 0.806. The number of nitrogens with one attached hydrogen (secondary N) is 1. The van der Waals surface area contributed by atoms with Crippen LogP contribution in [-0.4, -0.2) is 25.6 Å². The van der Waals surface area contributed by atoms with E-state index in [0.29, 0.717) is 6.42 Å². The van der Waals surface area contributed by atoms with Gasteiger partial charge in [-0.25, -0.2) is 12.8 Å². The van der Waals surface area contributed by atoms with Crippen molar-refractivity contribution in [2.45, 2.75) is 37.6 Å². The summed E-state index contributed by atoms with van der Waals surface area (Å²) in [6, 6.07) is 3.05. The van der Waals surface area contributed by atoms with Gasteiger partial charge in [0.25, 0.3) is 0 Å². The molecule has 7 heteroatoms. The van der Waals surface area contributed by atoms with Gasteiger partial charge in [-0.1, -0.05) is 6.92 Å². The van der Waals surface area contributed by atoms with E-state index in [9.17, 15) is 17.6 Å². The molecule has 0 atom stereocenters. The number of nitrogen functional groups attached to an aromatic ring is 1. The SMILES string of the molecule is CCC(C)(C)NC(=O)CS(=O)(=O)c1cc(F)ccc1N. The molecule has 0 spiro atoms. The highest BCUT2D eigenvalue weighted by molar-refractivity contribution is 7.92. The fraction of sp³-hybridized carbons (Fsp3) is 0.462. The van der Waals surface area contributed by atoms with Gasteiger partial charge in [-0.15, -0.1) is 0 Å². The van der Waals surface area contributed by atoms with Gasteiger partial charge in [-0.05, 0) is 38.5 Å². The Kier molecular flexibility index (Phi) is 4.75. The van der Waals surface area contributed by atoms with E-state index in [1.807, 2.05) is 6.92 Å². The smallest absolute Gasteiger partial charge is 0.235 e. The Morgan fingerprint density at radius 3 is 2.55 bits per heavy atom. The largest absolute Gasteiger partial charge is 0.398 e. The standard InChI is InChI=1S/C13H19FN2O3S/c1-4-13(2,3)16-12(17)8-20(18,19)11-7-9(14)5-6-10(11)15/h5-7H,4,8,15H2,1-3H3,(H,16,17). The van der Waals surface area contributed by atoms with Gasteiger partial charge in [-0.2, -0.15) is 0 Å². The Morgan fingerprint density at radius 2 is 2.00 bits per heavy atom. The summed E-state index contributed by atoms with van der Waals surface area (Å²) in [7, 11) is -3.97. The number of anilines is 1. The number of sulfone groups is 1. The molecule has 1 rings (SSSR count). The maximum atomic E-state index is 13.1. The van der Waals surface area contributed by atoms with Gasteiger partial charge in [-0.3, -0.25) is 4.79 Å². The summed E-state index contributed by atoms with van der Waals surface area (Å²) in [6.45, 7) is 5.45. The van der Waals surface area contributed by atoms with Crippen molar-refractivity contribution in [2.75, 3.05) is 11.5 Å². The highest BCUT2D eigenvalue weighted by atomic mass is 32.2. The number of hydrogen-bond acceptors (Lipinski definition) is 4. The van der Waals surface area contributed by atoms with Gasteiger partial charge in [0, 0.05) is 5.54 Å². The lowest BCUT2D eigenvalue weighted by Crippen LogP contribution is -2.45. The number of amides is 1. The second kappa shape index (κ2) is 5.78. The fourth-order valence-corrected chi connectivity index (χ4v) is 2.82. The van der Waals surface area contributed by atoms with E-state index in [1.165, 1.54) is 0 Å². The van der Waals surface area contributed by atoms with Crippen molar-refractivity contribution < 1.29 is 17.6 Å². The first-order chi connectivity index (χ1) is 9.07. The van der Waals surface area contributed by atoms with Gasteiger partial charge < -0.3 is 11.1 Å². The van der Waals surface area contributed by atoms with Crippen LogP contribution in [0.4, 0.5) is 10.1 Å². The van der Waals surface area contributed by atoms with E-state index >= 15 is 0 Å². The predicted molar refractivity (Wildman–Crippen MR) is 75.4 cm³/mol. The molecule has 3 N–H and O–H groups in total. The minimum absolute atomic E-state index is 0.0750. The van der Waals surface area contributed by atoms with E-state index in [2.05, 4.69) is 5.32 Å². The molecule has 0 aliphatic carbocycles. The lowest BCUT2D eigenvalue weighted by atomic mass is 10.0. The number of rotatable bonds is 5. The lowest BCUT2D eigenvalue weighted by Gasteiger charge is -2.24. The van der Waals surface area contributed by atoms with Crippen LogP contribution in [0.5, 0.6) is 0 Å². The zero-order chi connectivity index (χ0) is 15.6. The van der Waals surface area contributed by atoms with Crippen molar-refractivity contribution in [3.63, 3.8) is 0 Å². The van der Waals surface area contributed by atoms with Crippen molar-refractivity contribution in [3.8, 4) is 0 Å². The Labute approximate surface area is 118 Å². The molecule has 20 heavy (non-hydrogen) atoms. The third kappa shape index (κ3) is 4.19. The molecule has 0 aromatic heterocycles. The fourth-order valence-electron chi connectivity index (χ4n) is 1.53. The van der Waals surface area contributed by atoms with Crippen LogP contribution in [-0.2, 0) is 14.6 Å². The molecule has 0 radical (unpaired) electrons. The summed E-state index contributed by atoms with van der Waals surface area (Å²) in [5.74, 6) is -2.11. The number of carbonyl (C=O) groups excluding carboxylic acids is 1. The van der Waals surface area contributed by atoms with Gasteiger partial charge in [0.1, 0.15) is 11.6 Å². The van der Waals surface area contributed by atoms with Crippen LogP contribution in [0, 0.1) is 5.82 Å². The topological polar surface area (TPSA) is 89.3 Å². The first-order valence-electron chi connectivity index (χ1n) is 6.16. The number of halogens is 1. The van der Waals surface area contributed by atoms with Gasteiger partial charge in [0.15, 0.2) is 9.84 Å². The minimum atomic E-state index is -3.97. The molecular weight excluding hydrogens is 283 g/mol. The molecule has 0 aliphatic rings. The second-order valence-corrected chi connectivity index (χ2v) is 7.18. The van der Waals surface area contributed by atoms with Crippen molar-refractivity contribution in [2.24, 2.45) is 0 Å². The number of hydrogen-bond donors (Lipinski definition) is 2. The monoisotopic (exact) mass is 302 g/mol. The molecule has 1 amide bonds. The molecule has 1 aromatic rings. The molecule has 0 unspecified atom stereocenters. The summed E-state index contributed by atoms with van der Waals surface area (Å²) in [5, 5.41) is 2.61. The zero-order valence-electron chi connectivity index (χ0n) is 11.7. The molecular formula is C13H19FN2O3S. The molecule has 0 fully saturated rings. The van der Waals surface area contributed by atoms with E-state index in [4.69, 9.17) is 5.73 Å². The summed E-state index contributed by atoms with van der Waals surface area (Å²) in [6.07, 6.45) is 0.654. The molecule has 1 aromatic carbocycles. The Balaban J connectivity index is 2.96. The summed E-state index contributed by atoms with van der Waals surface area (Å²) in [4.78, 5) is 11.4. The highest BCUT2D eigenvalue weighted by Gasteiger charge is 2.25. The first kappa shape index (κ1) is 16.4. The maximum Gasteiger partial charge on any atom is 0.235 e. The maximum absolute atomic E-state index is 13.1. The molecule has 0 heterocycles. The van der Waals surface area contributed by atoms with Crippen molar-refractivity contribution in [3.05, 3.63) is 24.0 Å². The third-order valence-corrected chi connectivity index (χ3v) is 4.66. The normalized spacial score (nSPS) is 12.2. The van der Waals surface area contributed by atoms with E-state index in [0.717, 1.165) is 18.2 Å². The Bertz CT molecular complexity index is 612. The van der Waals surface area contributed by atoms with Gasteiger partial charge in [0.05, 0.1) is 10.6 Å². The third-order valence-electron chi connectivity index (χ3n) is 2.99. The minimum Gasteiger partial charge on any atom is -0.398 e. The van der Waals surface area contributed by atoms with E-state index in [-0.39, 0.29) is 10.6 Å². The average molecular weight is 302 g/mol. The van der Waals surface area contributed by atoms with Gasteiger partial charge >= 0.3 is 0 Å². The molecule has 0 bridgehead atoms. The van der Waals surface area contributed by atoms with E-state index in [1.54, 1.807) is 13.8 Å². The Morgan fingerprint density at radius 1 is 1.40 bits per heavy atom. The molecule has 0 saturated carbocycles.